The Morgan fingerprint density at radius 1 is 1.00 bits per heavy atom. The summed E-state index contributed by atoms with van der Waals surface area (Å²) in [7, 11) is 4.55. The lowest BCUT2D eigenvalue weighted by molar-refractivity contribution is -0.148. The van der Waals surface area contributed by atoms with Crippen LogP contribution in [0.4, 0.5) is 0 Å². The summed E-state index contributed by atoms with van der Waals surface area (Å²) in [5, 5.41) is 7.93. The predicted molar refractivity (Wildman–Crippen MR) is 120 cm³/mol. The van der Waals surface area contributed by atoms with Crippen LogP contribution in [0.15, 0.2) is 34.7 Å². The van der Waals surface area contributed by atoms with Gasteiger partial charge in [0.25, 0.3) is 5.89 Å². The number of carbonyl (C=O) groups excluding carboxylic acids is 1. The minimum absolute atomic E-state index is 0.143. The van der Waals surface area contributed by atoms with Gasteiger partial charge >= 0.3 is 5.97 Å². The number of aromatic nitrogens is 2. The van der Waals surface area contributed by atoms with E-state index in [0.717, 1.165) is 5.56 Å². The molecule has 0 saturated carbocycles. The lowest BCUT2D eigenvalue weighted by Gasteiger charge is -2.12. The minimum atomic E-state index is -0.548. The van der Waals surface area contributed by atoms with Gasteiger partial charge in [-0.15, -0.1) is 10.2 Å². The number of benzene rings is 2. The number of hydrogen-bond acceptors (Lipinski definition) is 9. The van der Waals surface area contributed by atoms with Gasteiger partial charge in [-0.25, -0.2) is 4.79 Å². The van der Waals surface area contributed by atoms with E-state index < -0.39 is 5.97 Å². The van der Waals surface area contributed by atoms with Crippen molar-refractivity contribution < 1.29 is 32.9 Å². The molecule has 9 nitrogen and oxygen atoms in total. The van der Waals surface area contributed by atoms with E-state index in [4.69, 9.17) is 28.1 Å². The van der Waals surface area contributed by atoms with Gasteiger partial charge in [0.1, 0.15) is 5.75 Å². The van der Waals surface area contributed by atoms with E-state index >= 15 is 0 Å². The SMILES string of the molecule is COc1cc(-c2nnc(COC(=O)COc3ccc(C(C)C)c(C)c3)o2)cc(OC)c1OC. The number of aryl methyl sites for hydroxylation is 1. The summed E-state index contributed by atoms with van der Waals surface area (Å²) in [6.45, 7) is 5.87. The van der Waals surface area contributed by atoms with E-state index in [1.54, 1.807) is 12.1 Å². The Labute approximate surface area is 192 Å². The first-order valence-electron chi connectivity index (χ1n) is 10.4. The summed E-state index contributed by atoms with van der Waals surface area (Å²) in [4.78, 5) is 12.1. The summed E-state index contributed by atoms with van der Waals surface area (Å²) < 4.78 is 32.3. The normalized spacial score (nSPS) is 10.8. The van der Waals surface area contributed by atoms with Crippen LogP contribution in [0, 0.1) is 6.92 Å². The molecule has 0 atom stereocenters. The van der Waals surface area contributed by atoms with E-state index in [0.29, 0.717) is 34.5 Å². The quantitative estimate of drug-likeness (QED) is 0.413. The molecule has 1 heterocycles. The lowest BCUT2D eigenvalue weighted by Crippen LogP contribution is -2.15. The monoisotopic (exact) mass is 456 g/mol. The molecule has 0 N–H and O–H groups in total. The van der Waals surface area contributed by atoms with Gasteiger partial charge in [0.15, 0.2) is 24.7 Å². The van der Waals surface area contributed by atoms with Crippen LogP contribution in [-0.2, 0) is 16.1 Å². The molecule has 0 radical (unpaired) electrons. The third-order valence-electron chi connectivity index (χ3n) is 4.96. The molecule has 9 heteroatoms. The maximum absolute atomic E-state index is 12.1. The predicted octanol–water partition coefficient (Wildman–Crippen LogP) is 4.32. The van der Waals surface area contributed by atoms with Crippen LogP contribution < -0.4 is 18.9 Å². The van der Waals surface area contributed by atoms with Crippen molar-refractivity contribution in [1.82, 2.24) is 10.2 Å². The summed E-state index contributed by atoms with van der Waals surface area (Å²) in [6, 6.07) is 9.13. The van der Waals surface area contributed by atoms with Crippen LogP contribution in [0.2, 0.25) is 0 Å². The average Bonchev–Trinajstić information content (AvgIpc) is 3.29. The highest BCUT2D eigenvalue weighted by atomic mass is 16.6. The number of ether oxygens (including phenoxy) is 5. The highest BCUT2D eigenvalue weighted by molar-refractivity contribution is 5.71. The molecule has 3 aromatic rings. The molecule has 2 aromatic carbocycles. The number of esters is 1. The zero-order chi connectivity index (χ0) is 24.0. The van der Waals surface area contributed by atoms with E-state index in [2.05, 4.69) is 24.0 Å². The highest BCUT2D eigenvalue weighted by Crippen LogP contribution is 2.40. The molecule has 0 saturated heterocycles. The van der Waals surface area contributed by atoms with Gasteiger partial charge in [-0.1, -0.05) is 19.9 Å². The van der Waals surface area contributed by atoms with E-state index in [1.807, 2.05) is 25.1 Å². The second-order valence-electron chi connectivity index (χ2n) is 7.54. The van der Waals surface area contributed by atoms with Gasteiger partial charge in [0.05, 0.1) is 21.3 Å². The topological polar surface area (TPSA) is 102 Å². The molecule has 0 fully saturated rings. The van der Waals surface area contributed by atoms with Crippen molar-refractivity contribution in [2.45, 2.75) is 33.3 Å². The fraction of sp³-hybridized carbons (Fsp3) is 0.375. The van der Waals surface area contributed by atoms with Gasteiger partial charge in [0, 0.05) is 5.56 Å². The molecule has 0 bridgehead atoms. The van der Waals surface area contributed by atoms with Crippen molar-refractivity contribution >= 4 is 5.97 Å². The van der Waals surface area contributed by atoms with Crippen LogP contribution in [0.25, 0.3) is 11.5 Å². The van der Waals surface area contributed by atoms with Gasteiger partial charge < -0.3 is 28.1 Å². The van der Waals surface area contributed by atoms with Gasteiger partial charge in [-0.05, 0) is 48.2 Å². The van der Waals surface area contributed by atoms with Crippen LogP contribution >= 0.6 is 0 Å². The summed E-state index contributed by atoms with van der Waals surface area (Å²) in [5.74, 6) is 2.19. The maximum atomic E-state index is 12.1. The Morgan fingerprint density at radius 2 is 1.70 bits per heavy atom. The molecular weight excluding hydrogens is 428 g/mol. The van der Waals surface area contributed by atoms with Crippen molar-refractivity contribution in [1.29, 1.82) is 0 Å². The first kappa shape index (κ1) is 23.9. The Balaban J connectivity index is 1.59. The summed E-state index contributed by atoms with van der Waals surface area (Å²) in [5.41, 5.74) is 2.92. The zero-order valence-corrected chi connectivity index (χ0v) is 19.6. The van der Waals surface area contributed by atoms with Crippen molar-refractivity contribution in [3.63, 3.8) is 0 Å². The number of rotatable bonds is 10. The second kappa shape index (κ2) is 10.7. The van der Waals surface area contributed by atoms with Crippen molar-refractivity contribution in [2.24, 2.45) is 0 Å². The molecular formula is C24H28N2O7. The third kappa shape index (κ3) is 5.74. The number of carbonyl (C=O) groups is 1. The molecule has 0 aliphatic rings. The van der Waals surface area contributed by atoms with E-state index in [9.17, 15) is 4.79 Å². The van der Waals surface area contributed by atoms with Gasteiger partial charge in [-0.2, -0.15) is 0 Å². The Bertz CT molecular complexity index is 1080. The average molecular weight is 456 g/mol. The van der Waals surface area contributed by atoms with E-state index in [-0.39, 0.29) is 25.0 Å². The molecule has 0 amide bonds. The lowest BCUT2D eigenvalue weighted by atomic mass is 9.98. The highest BCUT2D eigenvalue weighted by Gasteiger charge is 2.18. The first-order chi connectivity index (χ1) is 15.9. The third-order valence-corrected chi connectivity index (χ3v) is 4.96. The standard InChI is InChI=1S/C24H28N2O7/c1-14(2)18-8-7-17(9-15(18)3)31-13-22(27)32-12-21-25-26-24(33-21)16-10-19(28-4)23(30-6)20(11-16)29-5/h7-11,14H,12-13H2,1-6H3. The fourth-order valence-electron chi connectivity index (χ4n) is 3.35. The van der Waals surface area contributed by atoms with Gasteiger partial charge in [-0.3, -0.25) is 0 Å². The second-order valence-corrected chi connectivity index (χ2v) is 7.54. The Morgan fingerprint density at radius 3 is 2.27 bits per heavy atom. The Hall–Kier alpha value is -3.75. The molecule has 3 rings (SSSR count). The molecule has 0 unspecified atom stereocenters. The number of methoxy groups -OCH3 is 3. The Kier molecular flexibility index (Phi) is 7.76. The fourth-order valence-corrected chi connectivity index (χ4v) is 3.35. The smallest absolute Gasteiger partial charge is 0.344 e. The van der Waals surface area contributed by atoms with Gasteiger partial charge in [0.2, 0.25) is 11.6 Å². The number of nitrogens with zero attached hydrogens (tertiary/aromatic N) is 2. The van der Waals surface area contributed by atoms with Crippen LogP contribution in [0.1, 0.15) is 36.8 Å². The van der Waals surface area contributed by atoms with Crippen molar-refractivity contribution in [2.75, 3.05) is 27.9 Å². The minimum Gasteiger partial charge on any atom is -0.493 e. The van der Waals surface area contributed by atoms with E-state index in [1.165, 1.54) is 26.9 Å². The molecule has 0 aliphatic carbocycles. The van der Waals surface area contributed by atoms with Crippen LogP contribution in [-0.4, -0.2) is 44.1 Å². The molecule has 0 spiro atoms. The van der Waals surface area contributed by atoms with Crippen molar-refractivity contribution in [3.05, 3.63) is 47.3 Å². The van der Waals surface area contributed by atoms with Crippen LogP contribution in [0.3, 0.4) is 0 Å². The molecule has 1 aromatic heterocycles. The molecule has 0 aliphatic heterocycles. The zero-order valence-electron chi connectivity index (χ0n) is 19.6. The van der Waals surface area contributed by atoms with Crippen molar-refractivity contribution in [3.8, 4) is 34.5 Å². The largest absolute Gasteiger partial charge is 0.493 e. The van der Waals surface area contributed by atoms with Crippen LogP contribution in [0.5, 0.6) is 23.0 Å². The molecule has 33 heavy (non-hydrogen) atoms. The summed E-state index contributed by atoms with van der Waals surface area (Å²) in [6.07, 6.45) is 0. The summed E-state index contributed by atoms with van der Waals surface area (Å²) >= 11 is 0. The molecule has 176 valence electrons. The first-order valence-corrected chi connectivity index (χ1v) is 10.4. The number of hydrogen-bond donors (Lipinski definition) is 0. The maximum Gasteiger partial charge on any atom is 0.344 e.